The summed E-state index contributed by atoms with van der Waals surface area (Å²) in [5.74, 6) is -0.654. The third-order valence-corrected chi connectivity index (χ3v) is 3.21. The number of nitrogens with one attached hydrogen (secondary N) is 1. The number of nitro groups is 1. The number of amides is 1. The van der Waals surface area contributed by atoms with Crippen LogP contribution in [0.5, 0.6) is 0 Å². The van der Waals surface area contributed by atoms with E-state index in [1.165, 1.54) is 7.05 Å². The molecule has 8 nitrogen and oxygen atoms in total. The van der Waals surface area contributed by atoms with E-state index in [1.54, 1.807) is 6.07 Å². The molecule has 2 rings (SSSR count). The summed E-state index contributed by atoms with van der Waals surface area (Å²) in [7, 11) is 1.44. The average molecular weight is 304 g/mol. The molecule has 0 saturated heterocycles. The van der Waals surface area contributed by atoms with Gasteiger partial charge in [0.05, 0.1) is 11.0 Å². The van der Waals surface area contributed by atoms with Gasteiger partial charge in [0, 0.05) is 13.6 Å². The summed E-state index contributed by atoms with van der Waals surface area (Å²) in [5.41, 5.74) is 1.14. The van der Waals surface area contributed by atoms with Gasteiger partial charge in [0.25, 0.3) is 5.91 Å². The van der Waals surface area contributed by atoms with Crippen molar-refractivity contribution >= 4 is 11.6 Å². The van der Waals surface area contributed by atoms with Crippen molar-refractivity contribution in [2.45, 2.75) is 13.0 Å². The third-order valence-electron chi connectivity index (χ3n) is 3.21. The lowest BCUT2D eigenvalue weighted by Gasteiger charge is -2.12. The standard InChI is InChI=1S/C14H16N4O4/c1-9-4-3-5-10(6-9)12(19)8-15-14(20)13-11(18(21)22)7-16-17(13)2/h3-7,12,19H,8H2,1-2H3,(H,15,20). The molecule has 0 aliphatic carbocycles. The first-order valence-corrected chi connectivity index (χ1v) is 6.59. The molecule has 2 N–H and O–H groups in total. The largest absolute Gasteiger partial charge is 0.387 e. The summed E-state index contributed by atoms with van der Waals surface area (Å²) in [6, 6.07) is 7.26. The molecule has 1 amide bonds. The number of nitrogens with zero attached hydrogens (tertiary/aromatic N) is 3. The van der Waals surface area contributed by atoms with Crippen molar-refractivity contribution in [2.75, 3.05) is 6.54 Å². The van der Waals surface area contributed by atoms with Crippen LogP contribution < -0.4 is 5.32 Å². The number of aromatic nitrogens is 2. The van der Waals surface area contributed by atoms with Crippen LogP contribution in [0.1, 0.15) is 27.7 Å². The molecule has 1 aromatic heterocycles. The number of rotatable bonds is 5. The molecule has 1 heterocycles. The van der Waals surface area contributed by atoms with E-state index in [1.807, 2.05) is 25.1 Å². The van der Waals surface area contributed by atoms with Gasteiger partial charge >= 0.3 is 5.69 Å². The zero-order chi connectivity index (χ0) is 16.3. The number of hydrogen-bond acceptors (Lipinski definition) is 5. The van der Waals surface area contributed by atoms with E-state index < -0.39 is 16.9 Å². The Morgan fingerprint density at radius 3 is 2.91 bits per heavy atom. The van der Waals surface area contributed by atoms with Crippen molar-refractivity contribution in [3.8, 4) is 0 Å². The molecule has 1 aromatic carbocycles. The van der Waals surface area contributed by atoms with E-state index in [4.69, 9.17) is 0 Å². The first-order chi connectivity index (χ1) is 10.4. The fraction of sp³-hybridized carbons (Fsp3) is 0.286. The van der Waals surface area contributed by atoms with Crippen LogP contribution in [0.2, 0.25) is 0 Å². The minimum absolute atomic E-state index is 0.0510. The van der Waals surface area contributed by atoms with Crippen molar-refractivity contribution in [1.29, 1.82) is 0 Å². The molecule has 0 fully saturated rings. The highest BCUT2D eigenvalue weighted by atomic mass is 16.6. The Kier molecular flexibility index (Phi) is 4.52. The van der Waals surface area contributed by atoms with E-state index in [9.17, 15) is 20.0 Å². The highest BCUT2D eigenvalue weighted by Gasteiger charge is 2.25. The fourth-order valence-electron chi connectivity index (χ4n) is 2.09. The molecule has 0 saturated carbocycles. The number of aryl methyl sites for hydroxylation is 2. The molecule has 0 bridgehead atoms. The topological polar surface area (TPSA) is 110 Å². The number of carbonyl (C=O) groups is 1. The van der Waals surface area contributed by atoms with Crippen LogP contribution in [0.25, 0.3) is 0 Å². The second-order valence-electron chi connectivity index (χ2n) is 4.90. The Balaban J connectivity index is 2.07. The van der Waals surface area contributed by atoms with Gasteiger partial charge in [-0.1, -0.05) is 29.8 Å². The van der Waals surface area contributed by atoms with Crippen LogP contribution in [0.3, 0.4) is 0 Å². The second-order valence-corrected chi connectivity index (χ2v) is 4.90. The molecule has 116 valence electrons. The molecule has 0 aliphatic heterocycles. The van der Waals surface area contributed by atoms with Crippen molar-refractivity contribution in [2.24, 2.45) is 7.05 Å². The van der Waals surface area contributed by atoms with E-state index in [2.05, 4.69) is 10.4 Å². The van der Waals surface area contributed by atoms with Crippen LogP contribution in [0, 0.1) is 17.0 Å². The van der Waals surface area contributed by atoms with Gasteiger partial charge in [-0.3, -0.25) is 19.6 Å². The number of carbonyl (C=O) groups excluding carboxylic acids is 1. The smallest absolute Gasteiger partial charge is 0.320 e. The average Bonchev–Trinajstić information content (AvgIpc) is 2.86. The van der Waals surface area contributed by atoms with Gasteiger partial charge in [-0.15, -0.1) is 0 Å². The number of benzene rings is 1. The van der Waals surface area contributed by atoms with Crippen molar-refractivity contribution in [3.63, 3.8) is 0 Å². The highest BCUT2D eigenvalue weighted by Crippen LogP contribution is 2.17. The summed E-state index contributed by atoms with van der Waals surface area (Å²) < 4.78 is 1.13. The Morgan fingerprint density at radius 1 is 1.55 bits per heavy atom. The van der Waals surface area contributed by atoms with E-state index in [0.29, 0.717) is 5.56 Å². The second kappa shape index (κ2) is 6.35. The number of aliphatic hydroxyl groups excluding tert-OH is 1. The normalized spacial score (nSPS) is 12.0. The first kappa shape index (κ1) is 15.6. The van der Waals surface area contributed by atoms with Gasteiger partial charge in [0.2, 0.25) is 5.69 Å². The third kappa shape index (κ3) is 3.29. The summed E-state index contributed by atoms with van der Waals surface area (Å²) in [6.07, 6.45) is 0.127. The maximum atomic E-state index is 12.1. The zero-order valence-electron chi connectivity index (χ0n) is 12.2. The minimum atomic E-state index is -0.892. The lowest BCUT2D eigenvalue weighted by atomic mass is 10.1. The minimum Gasteiger partial charge on any atom is -0.387 e. The maximum absolute atomic E-state index is 12.1. The van der Waals surface area contributed by atoms with Crippen LogP contribution in [-0.2, 0) is 7.05 Å². The van der Waals surface area contributed by atoms with Crippen molar-refractivity contribution < 1.29 is 14.8 Å². The Morgan fingerprint density at radius 2 is 2.27 bits per heavy atom. The molecule has 0 radical (unpaired) electrons. The maximum Gasteiger partial charge on any atom is 0.320 e. The van der Waals surface area contributed by atoms with E-state index >= 15 is 0 Å². The highest BCUT2D eigenvalue weighted by molar-refractivity contribution is 5.96. The SMILES string of the molecule is Cc1cccc(C(O)CNC(=O)c2c([N+](=O)[O-])cnn2C)c1. The fourth-order valence-corrected chi connectivity index (χ4v) is 2.09. The molecule has 0 aliphatic rings. The molecule has 2 aromatic rings. The van der Waals surface area contributed by atoms with Crippen LogP contribution in [0.15, 0.2) is 30.5 Å². The molecule has 8 heteroatoms. The van der Waals surface area contributed by atoms with E-state index in [0.717, 1.165) is 16.4 Å². The van der Waals surface area contributed by atoms with Gasteiger partial charge in [0.15, 0.2) is 0 Å². The van der Waals surface area contributed by atoms with Gasteiger partial charge in [-0.2, -0.15) is 5.10 Å². The number of hydrogen-bond donors (Lipinski definition) is 2. The molecular weight excluding hydrogens is 288 g/mol. The zero-order valence-corrected chi connectivity index (χ0v) is 12.2. The Hall–Kier alpha value is -2.74. The first-order valence-electron chi connectivity index (χ1n) is 6.59. The summed E-state index contributed by atoms with van der Waals surface area (Å²) in [4.78, 5) is 22.3. The monoisotopic (exact) mass is 304 g/mol. The van der Waals surface area contributed by atoms with Crippen molar-refractivity contribution in [3.05, 3.63) is 57.4 Å². The van der Waals surface area contributed by atoms with Gasteiger partial charge in [0.1, 0.15) is 6.20 Å². The number of aliphatic hydroxyl groups is 1. The summed E-state index contributed by atoms with van der Waals surface area (Å²) >= 11 is 0. The van der Waals surface area contributed by atoms with Gasteiger partial charge < -0.3 is 10.4 Å². The Labute approximate surface area is 126 Å². The molecule has 1 atom stereocenters. The lowest BCUT2D eigenvalue weighted by molar-refractivity contribution is -0.385. The van der Waals surface area contributed by atoms with Gasteiger partial charge in [-0.05, 0) is 12.5 Å². The quantitative estimate of drug-likeness (QED) is 0.635. The summed E-state index contributed by atoms with van der Waals surface area (Å²) in [6.45, 7) is 1.85. The van der Waals surface area contributed by atoms with E-state index in [-0.39, 0.29) is 17.9 Å². The van der Waals surface area contributed by atoms with Gasteiger partial charge in [-0.25, -0.2) is 0 Å². The molecule has 22 heavy (non-hydrogen) atoms. The molecular formula is C14H16N4O4. The van der Waals surface area contributed by atoms with Crippen LogP contribution in [0.4, 0.5) is 5.69 Å². The summed E-state index contributed by atoms with van der Waals surface area (Å²) in [5, 5.41) is 27.1. The van der Waals surface area contributed by atoms with Crippen LogP contribution in [-0.4, -0.2) is 32.3 Å². The molecule has 1 unspecified atom stereocenters. The Bertz CT molecular complexity index is 711. The molecule has 0 spiro atoms. The van der Waals surface area contributed by atoms with Crippen molar-refractivity contribution in [1.82, 2.24) is 15.1 Å². The van der Waals surface area contributed by atoms with Crippen LogP contribution >= 0.6 is 0 Å². The lowest BCUT2D eigenvalue weighted by Crippen LogP contribution is -2.30. The predicted molar refractivity (Wildman–Crippen MR) is 78.3 cm³/mol. The predicted octanol–water partition coefficient (Wildman–Crippen LogP) is 1.10.